The summed E-state index contributed by atoms with van der Waals surface area (Å²) < 4.78 is 30.2. The van der Waals surface area contributed by atoms with E-state index in [2.05, 4.69) is 15.3 Å². The van der Waals surface area contributed by atoms with Crippen molar-refractivity contribution in [2.45, 2.75) is 56.5 Å². The van der Waals surface area contributed by atoms with Crippen LogP contribution in [0.25, 0.3) is 10.9 Å². The fourth-order valence-corrected chi connectivity index (χ4v) is 5.58. The fraction of sp³-hybridized carbons (Fsp3) is 0.435. The Morgan fingerprint density at radius 2 is 2.03 bits per heavy atom. The number of halogens is 2. The van der Waals surface area contributed by atoms with Crippen molar-refractivity contribution in [3.05, 3.63) is 63.8 Å². The van der Waals surface area contributed by atoms with Gasteiger partial charge in [0, 0.05) is 29.8 Å². The summed E-state index contributed by atoms with van der Waals surface area (Å²) in [7, 11) is 0. The minimum atomic E-state index is -2.76. The van der Waals surface area contributed by atoms with E-state index in [4.69, 9.17) is 0 Å². The highest BCUT2D eigenvalue weighted by Crippen LogP contribution is 2.61. The number of pyridine rings is 1. The van der Waals surface area contributed by atoms with Crippen molar-refractivity contribution in [3.8, 4) is 0 Å². The molecule has 3 saturated carbocycles. The zero-order chi connectivity index (χ0) is 20.7. The van der Waals surface area contributed by atoms with Crippen LogP contribution in [0.3, 0.4) is 0 Å². The number of nitrogens with one attached hydrogen (secondary N) is 1. The van der Waals surface area contributed by atoms with Gasteiger partial charge in [0.2, 0.25) is 0 Å². The molecule has 5 nitrogen and oxygen atoms in total. The lowest BCUT2D eigenvalue weighted by molar-refractivity contribution is -0.0911. The van der Waals surface area contributed by atoms with E-state index < -0.39 is 5.92 Å². The van der Waals surface area contributed by atoms with Gasteiger partial charge in [0.15, 0.2) is 0 Å². The molecule has 2 aromatic heterocycles. The van der Waals surface area contributed by atoms with Crippen molar-refractivity contribution in [2.75, 3.05) is 5.32 Å². The molecule has 1 atom stereocenters. The first-order valence-corrected chi connectivity index (χ1v) is 10.5. The molecule has 0 amide bonds. The Hall–Kier alpha value is -2.83. The molecule has 3 aromatic rings. The van der Waals surface area contributed by atoms with E-state index in [1.165, 1.54) is 12.4 Å². The molecule has 1 N–H and O–H groups in total. The number of rotatable bonds is 4. The van der Waals surface area contributed by atoms with Crippen LogP contribution >= 0.6 is 0 Å². The minimum absolute atomic E-state index is 0.0264. The molecule has 0 unspecified atom stereocenters. The molecule has 1 aromatic carbocycles. The van der Waals surface area contributed by atoms with E-state index in [1.807, 2.05) is 23.8 Å². The van der Waals surface area contributed by atoms with Crippen molar-refractivity contribution in [3.63, 3.8) is 0 Å². The Kier molecular flexibility index (Phi) is 3.51. The smallest absolute Gasteiger partial charge is 0.273 e. The van der Waals surface area contributed by atoms with E-state index in [0.717, 1.165) is 41.7 Å². The van der Waals surface area contributed by atoms with E-state index in [1.54, 1.807) is 12.1 Å². The molecule has 7 rings (SSSR count). The van der Waals surface area contributed by atoms with Crippen molar-refractivity contribution >= 4 is 16.7 Å². The summed E-state index contributed by atoms with van der Waals surface area (Å²) in [5.41, 5.74) is 2.27. The second-order valence-corrected chi connectivity index (χ2v) is 9.15. The van der Waals surface area contributed by atoms with Crippen LogP contribution in [0, 0.1) is 5.92 Å². The van der Waals surface area contributed by atoms with Gasteiger partial charge in [-0.2, -0.15) is 0 Å². The Morgan fingerprint density at radius 3 is 2.77 bits per heavy atom. The van der Waals surface area contributed by atoms with Crippen molar-refractivity contribution in [1.82, 2.24) is 14.5 Å². The molecule has 0 saturated heterocycles. The third-order valence-electron chi connectivity index (χ3n) is 7.30. The molecule has 4 aliphatic rings. The van der Waals surface area contributed by atoms with Crippen LogP contribution in [0.2, 0.25) is 0 Å². The van der Waals surface area contributed by atoms with Gasteiger partial charge in [0.05, 0.1) is 16.9 Å². The summed E-state index contributed by atoms with van der Waals surface area (Å²) in [5.74, 6) is -1.38. The summed E-state index contributed by atoms with van der Waals surface area (Å²) in [4.78, 5) is 21.3. The van der Waals surface area contributed by atoms with E-state index in [-0.39, 0.29) is 29.1 Å². The van der Waals surface area contributed by atoms with Gasteiger partial charge in [0.1, 0.15) is 12.1 Å². The maximum atomic E-state index is 14.2. The minimum Gasteiger partial charge on any atom is -0.363 e. The number of anilines is 1. The number of fused-ring (bicyclic) bond motifs is 2. The molecule has 4 aliphatic carbocycles. The normalized spacial score (nSPS) is 26.6. The zero-order valence-electron chi connectivity index (χ0n) is 16.7. The molecule has 2 heterocycles. The van der Waals surface area contributed by atoms with E-state index in [0.29, 0.717) is 17.8 Å². The molecular weight excluding hydrogens is 386 g/mol. The quantitative estimate of drug-likeness (QED) is 0.690. The molecule has 3 fully saturated rings. The van der Waals surface area contributed by atoms with Gasteiger partial charge in [0.25, 0.3) is 11.5 Å². The predicted octanol–water partition coefficient (Wildman–Crippen LogP) is 4.51. The average molecular weight is 408 g/mol. The maximum Gasteiger partial charge on any atom is 0.273 e. The average Bonchev–Trinajstić information content (AvgIpc) is 2.95. The highest BCUT2D eigenvalue weighted by molar-refractivity contribution is 5.88. The summed E-state index contributed by atoms with van der Waals surface area (Å²) in [6, 6.07) is 6.50. The second-order valence-electron chi connectivity index (χ2n) is 9.15. The molecule has 2 bridgehead atoms. The summed E-state index contributed by atoms with van der Waals surface area (Å²) in [6.45, 7) is 1.96. The lowest BCUT2D eigenvalue weighted by Crippen LogP contribution is -2.61. The first-order valence-electron chi connectivity index (χ1n) is 10.5. The summed E-state index contributed by atoms with van der Waals surface area (Å²) >= 11 is 0. The van der Waals surface area contributed by atoms with Crippen molar-refractivity contribution in [2.24, 2.45) is 5.92 Å². The third-order valence-corrected chi connectivity index (χ3v) is 7.30. The van der Waals surface area contributed by atoms with Crippen LogP contribution in [0.4, 0.5) is 14.6 Å². The number of benzene rings is 1. The number of nitrogens with zero attached hydrogens (tertiary/aromatic N) is 3. The maximum absolute atomic E-state index is 14.2. The number of hydrogen-bond donors (Lipinski definition) is 1. The Labute approximate surface area is 172 Å². The Morgan fingerprint density at radius 1 is 1.23 bits per heavy atom. The second kappa shape index (κ2) is 5.86. The van der Waals surface area contributed by atoms with Gasteiger partial charge in [-0.3, -0.25) is 4.79 Å². The zero-order valence-corrected chi connectivity index (χ0v) is 16.7. The third kappa shape index (κ3) is 2.41. The van der Waals surface area contributed by atoms with Gasteiger partial charge in [-0.1, -0.05) is 18.2 Å². The molecule has 0 radical (unpaired) electrons. The monoisotopic (exact) mass is 408 g/mol. The largest absolute Gasteiger partial charge is 0.363 e. The van der Waals surface area contributed by atoms with Gasteiger partial charge < -0.3 is 9.88 Å². The van der Waals surface area contributed by atoms with Crippen LogP contribution in [0.5, 0.6) is 0 Å². The van der Waals surface area contributed by atoms with Crippen LogP contribution in [0.1, 0.15) is 55.3 Å². The fourth-order valence-electron chi connectivity index (χ4n) is 5.58. The highest BCUT2D eigenvalue weighted by atomic mass is 19.3. The van der Waals surface area contributed by atoms with E-state index in [9.17, 15) is 13.6 Å². The number of alkyl halides is 2. The van der Waals surface area contributed by atoms with Crippen LogP contribution < -0.4 is 10.9 Å². The van der Waals surface area contributed by atoms with Gasteiger partial charge in [-0.15, -0.1) is 0 Å². The number of aromatic nitrogens is 3. The van der Waals surface area contributed by atoms with Crippen LogP contribution in [0.15, 0.2) is 41.6 Å². The standard InChI is InChI=1S/C23H22F2N4O/c1-13(15-3-2-4-18-16(15)5-6-23(18,24)25)28-21-17-11-29(22-8-14(9-22)10-22)20(30)7-19(17)26-12-27-21/h2-4,7,11-14H,5-6,8-10H2,1H3,(H,26,27,28)/t13-,14?,22?/m0/s1. The molecule has 7 heteroatoms. The van der Waals surface area contributed by atoms with Crippen LogP contribution in [-0.2, 0) is 17.9 Å². The van der Waals surface area contributed by atoms with Gasteiger partial charge in [-0.25, -0.2) is 18.7 Å². The SMILES string of the molecule is C[C@H](Nc1ncnc2cc(=O)n(C34CC(C3)C4)cc12)c1cccc2c1CCC2(F)F. The topological polar surface area (TPSA) is 59.8 Å². The lowest BCUT2D eigenvalue weighted by atomic mass is 9.49. The molecule has 0 spiro atoms. The Bertz CT molecular complexity index is 1230. The lowest BCUT2D eigenvalue weighted by Gasteiger charge is -2.62. The molecule has 30 heavy (non-hydrogen) atoms. The predicted molar refractivity (Wildman–Crippen MR) is 110 cm³/mol. The van der Waals surface area contributed by atoms with Gasteiger partial charge >= 0.3 is 0 Å². The summed E-state index contributed by atoms with van der Waals surface area (Å²) in [5, 5.41) is 4.18. The van der Waals surface area contributed by atoms with Crippen LogP contribution in [-0.4, -0.2) is 14.5 Å². The first kappa shape index (κ1) is 18.0. The number of hydrogen-bond acceptors (Lipinski definition) is 4. The molecular formula is C23H22F2N4O. The summed E-state index contributed by atoms with van der Waals surface area (Å²) in [6.07, 6.45) is 6.74. The van der Waals surface area contributed by atoms with E-state index >= 15 is 0 Å². The Balaban J connectivity index is 1.39. The molecule has 0 aliphatic heterocycles. The first-order chi connectivity index (χ1) is 14.4. The molecule has 154 valence electrons. The van der Waals surface area contributed by atoms with Gasteiger partial charge in [-0.05, 0) is 49.7 Å². The highest BCUT2D eigenvalue weighted by Gasteiger charge is 2.58. The van der Waals surface area contributed by atoms with Crippen molar-refractivity contribution in [1.29, 1.82) is 0 Å². The van der Waals surface area contributed by atoms with Crippen molar-refractivity contribution < 1.29 is 8.78 Å².